The van der Waals surface area contributed by atoms with Crippen LogP contribution in [-0.4, -0.2) is 18.0 Å². The summed E-state index contributed by atoms with van der Waals surface area (Å²) < 4.78 is 13.2. The first kappa shape index (κ1) is 10.5. The monoisotopic (exact) mass is 201 g/mol. The summed E-state index contributed by atoms with van der Waals surface area (Å²) >= 11 is 1.35. The Morgan fingerprint density at radius 1 is 1.62 bits per heavy atom. The zero-order valence-electron chi connectivity index (χ0n) is 7.33. The Morgan fingerprint density at radius 2 is 2.31 bits per heavy atom. The third-order valence-electron chi connectivity index (χ3n) is 1.80. The van der Waals surface area contributed by atoms with Crippen molar-refractivity contribution in [2.24, 2.45) is 5.73 Å². The summed E-state index contributed by atoms with van der Waals surface area (Å²) in [6, 6.07) is 4.28. The molecule has 0 radical (unpaired) electrons. The summed E-state index contributed by atoms with van der Waals surface area (Å²) in [6.07, 6.45) is 1.81. The van der Waals surface area contributed by atoms with Gasteiger partial charge in [0.1, 0.15) is 5.82 Å². The van der Waals surface area contributed by atoms with E-state index >= 15 is 0 Å². The molecular formula is C9H12FNOS. The minimum Gasteiger partial charge on any atom is -0.394 e. The molecule has 1 aromatic rings. The first-order valence-electron chi connectivity index (χ1n) is 3.89. The van der Waals surface area contributed by atoms with Crippen molar-refractivity contribution in [2.75, 3.05) is 12.9 Å². The van der Waals surface area contributed by atoms with Crippen LogP contribution in [0.4, 0.5) is 4.39 Å². The SMILES string of the molecule is CSc1ccc(C(N)CO)cc1F. The van der Waals surface area contributed by atoms with E-state index in [1.165, 1.54) is 17.8 Å². The molecule has 0 spiro atoms. The fraction of sp³-hybridized carbons (Fsp3) is 0.333. The van der Waals surface area contributed by atoms with Gasteiger partial charge in [0.05, 0.1) is 12.6 Å². The largest absolute Gasteiger partial charge is 0.394 e. The number of nitrogens with two attached hydrogens (primary N) is 1. The van der Waals surface area contributed by atoms with Crippen LogP contribution in [0.25, 0.3) is 0 Å². The molecule has 0 bridgehead atoms. The van der Waals surface area contributed by atoms with E-state index in [1.54, 1.807) is 12.1 Å². The van der Waals surface area contributed by atoms with Gasteiger partial charge < -0.3 is 10.8 Å². The van der Waals surface area contributed by atoms with Crippen LogP contribution in [0.5, 0.6) is 0 Å². The molecule has 4 heteroatoms. The lowest BCUT2D eigenvalue weighted by Gasteiger charge is -2.09. The lowest BCUT2D eigenvalue weighted by molar-refractivity contribution is 0.267. The van der Waals surface area contributed by atoms with E-state index in [2.05, 4.69) is 0 Å². The maximum atomic E-state index is 13.2. The minimum atomic E-state index is -0.495. The van der Waals surface area contributed by atoms with Crippen molar-refractivity contribution in [3.63, 3.8) is 0 Å². The molecular weight excluding hydrogens is 189 g/mol. The van der Waals surface area contributed by atoms with Gasteiger partial charge in [-0.05, 0) is 24.0 Å². The average molecular weight is 201 g/mol. The number of rotatable bonds is 3. The van der Waals surface area contributed by atoms with E-state index < -0.39 is 6.04 Å². The molecule has 0 fully saturated rings. The van der Waals surface area contributed by atoms with Crippen LogP contribution in [0, 0.1) is 5.82 Å². The van der Waals surface area contributed by atoms with Gasteiger partial charge in [0, 0.05) is 4.90 Å². The Bertz CT molecular complexity index is 293. The molecule has 1 aromatic carbocycles. The normalized spacial score (nSPS) is 12.9. The molecule has 0 aliphatic rings. The minimum absolute atomic E-state index is 0.169. The highest BCUT2D eigenvalue weighted by atomic mass is 32.2. The van der Waals surface area contributed by atoms with Gasteiger partial charge in [-0.3, -0.25) is 0 Å². The lowest BCUT2D eigenvalue weighted by Crippen LogP contribution is -2.14. The summed E-state index contributed by atoms with van der Waals surface area (Å²) in [5.74, 6) is -0.283. The third-order valence-corrected chi connectivity index (χ3v) is 2.57. The molecule has 13 heavy (non-hydrogen) atoms. The second kappa shape index (κ2) is 4.60. The Balaban J connectivity index is 2.95. The van der Waals surface area contributed by atoms with Gasteiger partial charge >= 0.3 is 0 Å². The van der Waals surface area contributed by atoms with Gasteiger partial charge in [-0.1, -0.05) is 6.07 Å². The van der Waals surface area contributed by atoms with Crippen molar-refractivity contribution in [1.82, 2.24) is 0 Å². The lowest BCUT2D eigenvalue weighted by atomic mass is 10.1. The molecule has 0 amide bonds. The quantitative estimate of drug-likeness (QED) is 0.729. The van der Waals surface area contributed by atoms with E-state index in [1.807, 2.05) is 6.26 Å². The molecule has 1 unspecified atom stereocenters. The van der Waals surface area contributed by atoms with Crippen molar-refractivity contribution >= 4 is 11.8 Å². The molecule has 0 aliphatic carbocycles. The first-order chi connectivity index (χ1) is 6.19. The van der Waals surface area contributed by atoms with Gasteiger partial charge in [0.25, 0.3) is 0 Å². The Morgan fingerprint density at radius 3 is 2.77 bits per heavy atom. The predicted molar refractivity (Wildman–Crippen MR) is 52.2 cm³/mol. The topological polar surface area (TPSA) is 46.2 Å². The van der Waals surface area contributed by atoms with Crippen LogP contribution in [0.3, 0.4) is 0 Å². The Labute approximate surface area is 80.9 Å². The van der Waals surface area contributed by atoms with Crippen LogP contribution in [-0.2, 0) is 0 Å². The number of thioether (sulfide) groups is 1. The summed E-state index contributed by atoms with van der Waals surface area (Å²) in [5, 5.41) is 8.75. The fourth-order valence-corrected chi connectivity index (χ4v) is 1.48. The van der Waals surface area contributed by atoms with E-state index in [-0.39, 0.29) is 12.4 Å². The molecule has 0 aliphatic heterocycles. The standard InChI is InChI=1S/C9H12FNOS/c1-13-9-3-2-6(4-7(9)10)8(11)5-12/h2-4,8,12H,5,11H2,1H3. The number of aliphatic hydroxyl groups excluding tert-OH is 1. The summed E-state index contributed by atoms with van der Waals surface area (Å²) in [6.45, 7) is -0.169. The maximum absolute atomic E-state index is 13.2. The molecule has 0 aromatic heterocycles. The molecule has 0 saturated carbocycles. The van der Waals surface area contributed by atoms with Gasteiger partial charge in [0.2, 0.25) is 0 Å². The number of benzene rings is 1. The van der Waals surface area contributed by atoms with Crippen molar-refractivity contribution in [3.8, 4) is 0 Å². The Kier molecular flexibility index (Phi) is 3.71. The van der Waals surface area contributed by atoms with Crippen LogP contribution in [0.15, 0.2) is 23.1 Å². The third kappa shape index (κ3) is 2.43. The highest BCUT2D eigenvalue weighted by molar-refractivity contribution is 7.98. The number of hydrogen-bond acceptors (Lipinski definition) is 3. The van der Waals surface area contributed by atoms with Crippen molar-refractivity contribution in [1.29, 1.82) is 0 Å². The highest BCUT2D eigenvalue weighted by Gasteiger charge is 2.07. The second-order valence-electron chi connectivity index (χ2n) is 2.68. The highest BCUT2D eigenvalue weighted by Crippen LogP contribution is 2.21. The van der Waals surface area contributed by atoms with Crippen molar-refractivity contribution < 1.29 is 9.50 Å². The van der Waals surface area contributed by atoms with Gasteiger partial charge in [-0.2, -0.15) is 0 Å². The number of hydrogen-bond donors (Lipinski definition) is 2. The summed E-state index contributed by atoms with van der Waals surface area (Å²) in [4.78, 5) is 0.592. The molecule has 3 N–H and O–H groups in total. The molecule has 1 atom stereocenters. The molecule has 0 heterocycles. The molecule has 1 rings (SSSR count). The number of halogens is 1. The van der Waals surface area contributed by atoms with E-state index in [0.29, 0.717) is 10.5 Å². The molecule has 72 valence electrons. The van der Waals surface area contributed by atoms with E-state index in [9.17, 15) is 4.39 Å². The van der Waals surface area contributed by atoms with Crippen LogP contribution >= 0.6 is 11.8 Å². The van der Waals surface area contributed by atoms with Crippen molar-refractivity contribution in [3.05, 3.63) is 29.6 Å². The molecule has 2 nitrogen and oxygen atoms in total. The molecule has 0 saturated heterocycles. The summed E-state index contributed by atoms with van der Waals surface area (Å²) in [7, 11) is 0. The summed E-state index contributed by atoms with van der Waals surface area (Å²) in [5.41, 5.74) is 6.15. The zero-order valence-corrected chi connectivity index (χ0v) is 8.14. The average Bonchev–Trinajstić information content (AvgIpc) is 2.16. The first-order valence-corrected chi connectivity index (χ1v) is 5.11. The van der Waals surface area contributed by atoms with Crippen LogP contribution in [0.2, 0.25) is 0 Å². The van der Waals surface area contributed by atoms with Gasteiger partial charge in [0.15, 0.2) is 0 Å². The van der Waals surface area contributed by atoms with Gasteiger partial charge in [-0.15, -0.1) is 11.8 Å². The van der Waals surface area contributed by atoms with E-state index in [0.717, 1.165) is 0 Å². The van der Waals surface area contributed by atoms with Gasteiger partial charge in [-0.25, -0.2) is 4.39 Å². The predicted octanol–water partition coefficient (Wildman–Crippen LogP) is 1.54. The van der Waals surface area contributed by atoms with Crippen LogP contribution in [0.1, 0.15) is 11.6 Å². The maximum Gasteiger partial charge on any atom is 0.137 e. The smallest absolute Gasteiger partial charge is 0.137 e. The Hall–Kier alpha value is -0.580. The zero-order chi connectivity index (χ0) is 9.84. The second-order valence-corrected chi connectivity index (χ2v) is 3.53. The van der Waals surface area contributed by atoms with Crippen LogP contribution < -0.4 is 5.73 Å². The van der Waals surface area contributed by atoms with Crippen molar-refractivity contribution in [2.45, 2.75) is 10.9 Å². The fourth-order valence-electron chi connectivity index (χ4n) is 1.02. The van der Waals surface area contributed by atoms with E-state index in [4.69, 9.17) is 10.8 Å². The number of aliphatic hydroxyl groups is 1.